The van der Waals surface area contributed by atoms with E-state index in [0.717, 1.165) is 38.5 Å². The van der Waals surface area contributed by atoms with Crippen LogP contribution in [-0.4, -0.2) is 25.5 Å². The van der Waals surface area contributed by atoms with Crippen molar-refractivity contribution in [3.8, 4) is 0 Å². The summed E-state index contributed by atoms with van der Waals surface area (Å²) in [5, 5.41) is 8.82. The molecule has 0 aliphatic heterocycles. The van der Waals surface area contributed by atoms with Gasteiger partial charge in [0, 0.05) is 6.04 Å². The smallest absolute Gasteiger partial charge is 0.337 e. The predicted molar refractivity (Wildman–Crippen MR) is 80.2 cm³/mol. The Hall–Kier alpha value is -1.11. The maximum atomic E-state index is 12.3. The molecule has 0 heterocycles. The summed E-state index contributed by atoms with van der Waals surface area (Å²) >= 11 is 5.83. The van der Waals surface area contributed by atoms with Crippen molar-refractivity contribution < 1.29 is 18.3 Å². The Morgan fingerprint density at radius 3 is 2.33 bits per heavy atom. The molecule has 1 aromatic rings. The van der Waals surface area contributed by atoms with Crippen LogP contribution in [0.4, 0.5) is 0 Å². The fourth-order valence-electron chi connectivity index (χ4n) is 2.52. The van der Waals surface area contributed by atoms with E-state index in [1.807, 2.05) is 0 Å². The standard InChI is InChI=1S/C14H18ClNO4S/c15-13-9-11(7-8-12(13)14(17)18)21(19,20)16-10-5-3-1-2-4-6-10/h7-10,16H,1-6H2,(H,17,18). The highest BCUT2D eigenvalue weighted by Gasteiger charge is 2.22. The number of nitrogens with one attached hydrogen (secondary N) is 1. The molecule has 116 valence electrons. The van der Waals surface area contributed by atoms with Crippen LogP contribution in [-0.2, 0) is 10.0 Å². The quantitative estimate of drug-likeness (QED) is 0.831. The molecule has 0 aromatic heterocycles. The Bertz CT molecular complexity index is 622. The Morgan fingerprint density at radius 2 is 1.81 bits per heavy atom. The van der Waals surface area contributed by atoms with Crippen LogP contribution in [0.15, 0.2) is 23.1 Å². The van der Waals surface area contributed by atoms with Crippen molar-refractivity contribution in [3.05, 3.63) is 28.8 Å². The third-order valence-corrected chi connectivity index (χ3v) is 5.49. The summed E-state index contributed by atoms with van der Waals surface area (Å²) in [4.78, 5) is 10.9. The van der Waals surface area contributed by atoms with E-state index >= 15 is 0 Å². The van der Waals surface area contributed by atoms with Crippen LogP contribution < -0.4 is 4.72 Å². The molecule has 0 spiro atoms. The van der Waals surface area contributed by atoms with Crippen LogP contribution in [0, 0.1) is 0 Å². The lowest BCUT2D eigenvalue weighted by Crippen LogP contribution is -2.34. The minimum Gasteiger partial charge on any atom is -0.478 e. The second-order valence-corrected chi connectivity index (χ2v) is 7.38. The highest BCUT2D eigenvalue weighted by atomic mass is 35.5. The van der Waals surface area contributed by atoms with Crippen molar-refractivity contribution in [2.45, 2.75) is 49.5 Å². The number of hydrogen-bond donors (Lipinski definition) is 2. The Labute approximate surface area is 129 Å². The molecule has 7 heteroatoms. The molecule has 0 bridgehead atoms. The van der Waals surface area contributed by atoms with Gasteiger partial charge in [-0.05, 0) is 31.0 Å². The zero-order chi connectivity index (χ0) is 15.5. The number of benzene rings is 1. The average Bonchev–Trinajstić information content (AvgIpc) is 2.66. The third kappa shape index (κ3) is 4.18. The normalized spacial score (nSPS) is 17.4. The number of sulfonamides is 1. The fraction of sp³-hybridized carbons (Fsp3) is 0.500. The number of aromatic carboxylic acids is 1. The van der Waals surface area contributed by atoms with Crippen molar-refractivity contribution in [1.82, 2.24) is 4.72 Å². The lowest BCUT2D eigenvalue weighted by Gasteiger charge is -2.16. The highest BCUT2D eigenvalue weighted by molar-refractivity contribution is 7.89. The maximum Gasteiger partial charge on any atom is 0.337 e. The van der Waals surface area contributed by atoms with Gasteiger partial charge in [0.1, 0.15) is 0 Å². The SMILES string of the molecule is O=C(O)c1ccc(S(=O)(=O)NC2CCCCCC2)cc1Cl. The van der Waals surface area contributed by atoms with Gasteiger partial charge in [-0.1, -0.05) is 37.3 Å². The number of rotatable bonds is 4. The van der Waals surface area contributed by atoms with Crippen LogP contribution in [0.2, 0.25) is 5.02 Å². The first-order valence-corrected chi connectivity index (χ1v) is 8.81. The van der Waals surface area contributed by atoms with Crippen LogP contribution >= 0.6 is 11.6 Å². The van der Waals surface area contributed by atoms with Crippen molar-refractivity contribution in [2.75, 3.05) is 0 Å². The van der Waals surface area contributed by atoms with E-state index in [9.17, 15) is 13.2 Å². The van der Waals surface area contributed by atoms with Gasteiger partial charge >= 0.3 is 5.97 Å². The lowest BCUT2D eigenvalue weighted by molar-refractivity contribution is 0.0697. The summed E-state index contributed by atoms with van der Waals surface area (Å²) in [6.45, 7) is 0. The van der Waals surface area contributed by atoms with Crippen LogP contribution in [0.25, 0.3) is 0 Å². The van der Waals surface area contributed by atoms with Gasteiger partial charge in [-0.25, -0.2) is 17.9 Å². The monoisotopic (exact) mass is 331 g/mol. The zero-order valence-electron chi connectivity index (χ0n) is 11.5. The van der Waals surface area contributed by atoms with Gasteiger partial charge in [-0.2, -0.15) is 0 Å². The zero-order valence-corrected chi connectivity index (χ0v) is 13.1. The summed E-state index contributed by atoms with van der Waals surface area (Å²) in [5.74, 6) is -1.18. The molecule has 1 fully saturated rings. The topological polar surface area (TPSA) is 83.5 Å². The van der Waals surface area contributed by atoms with Gasteiger partial charge in [0.05, 0.1) is 15.5 Å². The number of carbonyl (C=O) groups is 1. The van der Waals surface area contributed by atoms with Gasteiger partial charge in [0.15, 0.2) is 0 Å². The molecule has 0 radical (unpaired) electrons. The molecule has 5 nitrogen and oxygen atoms in total. The van der Waals surface area contributed by atoms with Gasteiger partial charge in [0.2, 0.25) is 10.0 Å². The van der Waals surface area contributed by atoms with E-state index in [1.165, 1.54) is 18.2 Å². The van der Waals surface area contributed by atoms with E-state index in [-0.39, 0.29) is 21.5 Å². The summed E-state index contributed by atoms with van der Waals surface area (Å²) in [6.07, 6.45) is 5.98. The van der Waals surface area contributed by atoms with Gasteiger partial charge in [-0.3, -0.25) is 0 Å². The minimum atomic E-state index is -3.67. The third-order valence-electron chi connectivity index (χ3n) is 3.66. The van der Waals surface area contributed by atoms with E-state index in [4.69, 9.17) is 16.7 Å². The summed E-state index contributed by atoms with van der Waals surface area (Å²) in [7, 11) is -3.67. The molecular formula is C14H18ClNO4S. The molecular weight excluding hydrogens is 314 g/mol. The first-order valence-electron chi connectivity index (χ1n) is 6.95. The second-order valence-electron chi connectivity index (χ2n) is 5.26. The Balaban J connectivity index is 2.19. The lowest BCUT2D eigenvalue weighted by atomic mass is 10.1. The molecule has 0 unspecified atom stereocenters. The van der Waals surface area contributed by atoms with Crippen molar-refractivity contribution in [3.63, 3.8) is 0 Å². The number of halogens is 1. The molecule has 1 saturated carbocycles. The molecule has 0 saturated heterocycles. The average molecular weight is 332 g/mol. The predicted octanol–water partition coefficient (Wildman–Crippen LogP) is 3.04. The second kappa shape index (κ2) is 6.77. The van der Waals surface area contributed by atoms with Crippen molar-refractivity contribution in [1.29, 1.82) is 0 Å². The molecule has 1 aliphatic carbocycles. The van der Waals surface area contributed by atoms with Crippen LogP contribution in [0.3, 0.4) is 0 Å². The van der Waals surface area contributed by atoms with E-state index in [0.29, 0.717) is 0 Å². The first-order chi connectivity index (χ1) is 9.90. The Morgan fingerprint density at radius 1 is 1.19 bits per heavy atom. The summed E-state index contributed by atoms with van der Waals surface area (Å²) in [5.41, 5.74) is -0.106. The van der Waals surface area contributed by atoms with Crippen LogP contribution in [0.1, 0.15) is 48.9 Å². The maximum absolute atomic E-state index is 12.3. The first kappa shape index (κ1) is 16.3. The largest absolute Gasteiger partial charge is 0.478 e. The molecule has 0 atom stereocenters. The minimum absolute atomic E-state index is 0.00162. The van der Waals surface area contributed by atoms with Gasteiger partial charge in [0.25, 0.3) is 0 Å². The highest BCUT2D eigenvalue weighted by Crippen LogP contribution is 2.23. The number of carboxylic acids is 1. The summed E-state index contributed by atoms with van der Waals surface area (Å²) < 4.78 is 27.4. The van der Waals surface area contributed by atoms with Crippen molar-refractivity contribution >= 4 is 27.6 Å². The number of hydrogen-bond acceptors (Lipinski definition) is 3. The molecule has 1 aliphatic rings. The van der Waals surface area contributed by atoms with Gasteiger partial charge in [-0.15, -0.1) is 0 Å². The van der Waals surface area contributed by atoms with E-state index in [2.05, 4.69) is 4.72 Å². The van der Waals surface area contributed by atoms with Crippen molar-refractivity contribution in [2.24, 2.45) is 0 Å². The fourth-order valence-corrected chi connectivity index (χ4v) is 4.18. The number of carboxylic acid groups (broad SMARTS) is 1. The van der Waals surface area contributed by atoms with Gasteiger partial charge < -0.3 is 5.11 Å². The van der Waals surface area contributed by atoms with Crippen LogP contribution in [0.5, 0.6) is 0 Å². The molecule has 0 amide bonds. The molecule has 2 rings (SSSR count). The van der Waals surface area contributed by atoms with E-state index < -0.39 is 16.0 Å². The molecule has 2 N–H and O–H groups in total. The van der Waals surface area contributed by atoms with E-state index in [1.54, 1.807) is 0 Å². The Kier molecular flexibility index (Phi) is 5.24. The molecule has 21 heavy (non-hydrogen) atoms. The molecule has 1 aromatic carbocycles. The summed E-state index contributed by atoms with van der Waals surface area (Å²) in [6, 6.07) is 3.61.